The summed E-state index contributed by atoms with van der Waals surface area (Å²) < 4.78 is 29.3. The smallest absolute Gasteiger partial charge is 0.387 e. The highest BCUT2D eigenvalue weighted by molar-refractivity contribution is 5.97. The minimum atomic E-state index is -2.98. The van der Waals surface area contributed by atoms with Crippen LogP contribution in [0.1, 0.15) is 19.8 Å². The van der Waals surface area contributed by atoms with E-state index in [1.165, 1.54) is 12.1 Å². The minimum absolute atomic E-state index is 0.0261. The Labute approximate surface area is 161 Å². The van der Waals surface area contributed by atoms with Gasteiger partial charge in [-0.25, -0.2) is 0 Å². The van der Waals surface area contributed by atoms with Gasteiger partial charge >= 0.3 is 6.61 Å². The maximum Gasteiger partial charge on any atom is 0.387 e. The van der Waals surface area contributed by atoms with Crippen molar-refractivity contribution in [1.29, 1.82) is 0 Å². The van der Waals surface area contributed by atoms with Crippen LogP contribution in [0.3, 0.4) is 0 Å². The van der Waals surface area contributed by atoms with E-state index in [4.69, 9.17) is 0 Å². The SMILES string of the molecule is CC(Nc1ccc(NC(=O)C2CC2)cc1)C(=O)Nc1ccccc1OC(F)F. The van der Waals surface area contributed by atoms with Gasteiger partial charge in [0.15, 0.2) is 0 Å². The Morgan fingerprint density at radius 3 is 2.29 bits per heavy atom. The molecule has 2 aromatic rings. The number of amides is 2. The van der Waals surface area contributed by atoms with Crippen LogP contribution >= 0.6 is 0 Å². The summed E-state index contributed by atoms with van der Waals surface area (Å²) >= 11 is 0. The van der Waals surface area contributed by atoms with Crippen LogP contribution in [-0.2, 0) is 9.59 Å². The van der Waals surface area contributed by atoms with E-state index in [0.29, 0.717) is 11.4 Å². The lowest BCUT2D eigenvalue weighted by Crippen LogP contribution is -2.32. The van der Waals surface area contributed by atoms with Crippen molar-refractivity contribution in [3.05, 3.63) is 48.5 Å². The molecule has 3 N–H and O–H groups in total. The largest absolute Gasteiger partial charge is 0.433 e. The molecule has 1 atom stereocenters. The maximum absolute atomic E-state index is 12.5. The number of nitrogens with one attached hydrogen (secondary N) is 3. The molecule has 0 saturated heterocycles. The number of carbonyl (C=O) groups excluding carboxylic acids is 2. The molecule has 6 nitrogen and oxygen atoms in total. The van der Waals surface area contributed by atoms with Crippen molar-refractivity contribution in [3.63, 3.8) is 0 Å². The van der Waals surface area contributed by atoms with Gasteiger partial charge in [-0.3, -0.25) is 9.59 Å². The molecule has 3 rings (SSSR count). The third kappa shape index (κ3) is 5.42. The fourth-order valence-corrected chi connectivity index (χ4v) is 2.56. The number of para-hydroxylation sites is 2. The monoisotopic (exact) mass is 389 g/mol. The van der Waals surface area contributed by atoms with Crippen molar-refractivity contribution in [2.24, 2.45) is 5.92 Å². The molecule has 1 fully saturated rings. The molecule has 8 heteroatoms. The van der Waals surface area contributed by atoms with Gasteiger partial charge < -0.3 is 20.7 Å². The fourth-order valence-electron chi connectivity index (χ4n) is 2.56. The molecule has 1 unspecified atom stereocenters. The zero-order valence-corrected chi connectivity index (χ0v) is 15.2. The number of anilines is 3. The molecule has 0 heterocycles. The summed E-state index contributed by atoms with van der Waals surface area (Å²) in [6.45, 7) is -1.33. The van der Waals surface area contributed by atoms with Gasteiger partial charge in [0.2, 0.25) is 11.8 Å². The number of hydrogen-bond donors (Lipinski definition) is 3. The van der Waals surface area contributed by atoms with Gasteiger partial charge in [0.25, 0.3) is 0 Å². The van der Waals surface area contributed by atoms with Crippen LogP contribution in [0.25, 0.3) is 0 Å². The van der Waals surface area contributed by atoms with Crippen LogP contribution < -0.4 is 20.7 Å². The standard InChI is InChI=1S/C20H21F2N3O3/c1-12(18(26)25-16-4-2-3-5-17(16)28-20(21)22)23-14-8-10-15(11-9-14)24-19(27)13-6-7-13/h2-5,8-13,20,23H,6-7H2,1H3,(H,24,27)(H,25,26). The summed E-state index contributed by atoms with van der Waals surface area (Å²) in [4.78, 5) is 24.1. The van der Waals surface area contributed by atoms with Gasteiger partial charge in [0.05, 0.1) is 5.69 Å². The zero-order chi connectivity index (χ0) is 20.1. The number of carbonyl (C=O) groups is 2. The maximum atomic E-state index is 12.5. The first kappa shape index (κ1) is 19.6. The van der Waals surface area contributed by atoms with Crippen LogP contribution in [0.5, 0.6) is 5.75 Å². The zero-order valence-electron chi connectivity index (χ0n) is 15.2. The minimum Gasteiger partial charge on any atom is -0.433 e. The van der Waals surface area contributed by atoms with Crippen molar-refractivity contribution in [1.82, 2.24) is 0 Å². The van der Waals surface area contributed by atoms with Crippen LogP contribution in [0.4, 0.5) is 25.8 Å². The third-order valence-corrected chi connectivity index (χ3v) is 4.24. The number of benzene rings is 2. The van der Waals surface area contributed by atoms with E-state index in [0.717, 1.165) is 12.8 Å². The average molecular weight is 389 g/mol. The van der Waals surface area contributed by atoms with Crippen molar-refractivity contribution in [2.75, 3.05) is 16.0 Å². The summed E-state index contributed by atoms with van der Waals surface area (Å²) in [6, 6.07) is 12.4. The number of ether oxygens (including phenoxy) is 1. The number of alkyl halides is 2. The Hall–Kier alpha value is -3.16. The lowest BCUT2D eigenvalue weighted by Gasteiger charge is -2.17. The van der Waals surface area contributed by atoms with Crippen molar-refractivity contribution in [2.45, 2.75) is 32.4 Å². The van der Waals surface area contributed by atoms with Crippen LogP contribution in [0.2, 0.25) is 0 Å². The summed E-state index contributed by atoms with van der Waals surface area (Å²) in [7, 11) is 0. The van der Waals surface area contributed by atoms with E-state index in [1.54, 1.807) is 43.3 Å². The highest BCUT2D eigenvalue weighted by Gasteiger charge is 2.29. The number of rotatable bonds is 8. The molecular weight excluding hydrogens is 368 g/mol. The van der Waals surface area contributed by atoms with Gasteiger partial charge in [0, 0.05) is 17.3 Å². The molecule has 1 saturated carbocycles. The van der Waals surface area contributed by atoms with Gasteiger partial charge in [-0.2, -0.15) is 8.78 Å². The molecule has 0 spiro atoms. The topological polar surface area (TPSA) is 79.5 Å². The van der Waals surface area contributed by atoms with Gasteiger partial charge in [-0.15, -0.1) is 0 Å². The predicted molar refractivity (Wildman–Crippen MR) is 103 cm³/mol. The van der Waals surface area contributed by atoms with E-state index in [9.17, 15) is 18.4 Å². The lowest BCUT2D eigenvalue weighted by molar-refractivity contribution is -0.117. The molecule has 0 aliphatic heterocycles. The second kappa shape index (κ2) is 8.69. The molecule has 0 aromatic heterocycles. The van der Waals surface area contributed by atoms with Gasteiger partial charge in [0.1, 0.15) is 11.8 Å². The van der Waals surface area contributed by atoms with Gasteiger partial charge in [-0.05, 0) is 56.2 Å². The van der Waals surface area contributed by atoms with Crippen molar-refractivity contribution >= 4 is 28.9 Å². The molecule has 1 aliphatic rings. The summed E-state index contributed by atoms with van der Waals surface area (Å²) in [5.74, 6) is -0.359. The first-order valence-corrected chi connectivity index (χ1v) is 8.94. The van der Waals surface area contributed by atoms with E-state index < -0.39 is 18.6 Å². The number of hydrogen-bond acceptors (Lipinski definition) is 4. The second-order valence-corrected chi connectivity index (χ2v) is 6.57. The van der Waals surface area contributed by atoms with Crippen LogP contribution in [-0.4, -0.2) is 24.5 Å². The third-order valence-electron chi connectivity index (χ3n) is 4.24. The second-order valence-electron chi connectivity index (χ2n) is 6.57. The Kier molecular flexibility index (Phi) is 6.08. The molecule has 2 aromatic carbocycles. The Morgan fingerprint density at radius 2 is 1.64 bits per heavy atom. The molecule has 2 amide bonds. The normalized spacial score (nSPS) is 14.3. The highest BCUT2D eigenvalue weighted by Crippen LogP contribution is 2.30. The Balaban J connectivity index is 1.56. The summed E-state index contributed by atoms with van der Waals surface area (Å²) in [5, 5.41) is 8.44. The molecular formula is C20H21F2N3O3. The molecule has 0 bridgehead atoms. The van der Waals surface area contributed by atoms with E-state index in [1.807, 2.05) is 0 Å². The predicted octanol–water partition coefficient (Wildman–Crippen LogP) is 4.08. The Morgan fingerprint density at radius 1 is 1.00 bits per heavy atom. The van der Waals surface area contributed by atoms with Gasteiger partial charge in [-0.1, -0.05) is 12.1 Å². The lowest BCUT2D eigenvalue weighted by atomic mass is 10.2. The quantitative estimate of drug-likeness (QED) is 0.636. The number of halogens is 2. The van der Waals surface area contributed by atoms with E-state index in [2.05, 4.69) is 20.7 Å². The molecule has 1 aliphatic carbocycles. The fraction of sp³-hybridized carbons (Fsp3) is 0.300. The van der Waals surface area contributed by atoms with Crippen LogP contribution in [0, 0.1) is 5.92 Å². The van der Waals surface area contributed by atoms with Crippen molar-refractivity contribution in [3.8, 4) is 5.75 Å². The van der Waals surface area contributed by atoms with Crippen molar-refractivity contribution < 1.29 is 23.1 Å². The summed E-state index contributed by atoms with van der Waals surface area (Å²) in [5.41, 5.74) is 1.54. The van der Waals surface area contributed by atoms with E-state index in [-0.39, 0.29) is 23.3 Å². The molecule has 0 radical (unpaired) electrons. The molecule has 148 valence electrons. The average Bonchev–Trinajstić information content (AvgIpc) is 3.49. The molecule has 28 heavy (non-hydrogen) atoms. The summed E-state index contributed by atoms with van der Waals surface area (Å²) in [6.07, 6.45) is 1.87. The first-order chi connectivity index (χ1) is 13.4. The van der Waals surface area contributed by atoms with E-state index >= 15 is 0 Å². The Bertz CT molecular complexity index is 839. The first-order valence-electron chi connectivity index (χ1n) is 8.94. The highest BCUT2D eigenvalue weighted by atomic mass is 19.3. The van der Waals surface area contributed by atoms with Crippen LogP contribution in [0.15, 0.2) is 48.5 Å².